The lowest BCUT2D eigenvalue weighted by Gasteiger charge is -2.25. The molecule has 1 aliphatic rings. The molecule has 2 atom stereocenters. The maximum atomic E-state index is 13.4. The van der Waals surface area contributed by atoms with E-state index < -0.39 is 11.4 Å². The molecular formula is C26H24N4O4S. The second-order valence-corrected chi connectivity index (χ2v) is 8.97. The smallest absolute Gasteiger partial charge is 0.242 e. The van der Waals surface area contributed by atoms with Crippen LogP contribution in [0.2, 0.25) is 0 Å². The molecule has 178 valence electrons. The summed E-state index contributed by atoms with van der Waals surface area (Å²) < 4.78 is 19.1. The number of carbonyl (C=O) groups is 1. The van der Waals surface area contributed by atoms with Crippen LogP contribution in [0.3, 0.4) is 0 Å². The van der Waals surface area contributed by atoms with Gasteiger partial charge in [-0.2, -0.15) is 0 Å². The van der Waals surface area contributed by atoms with E-state index in [9.17, 15) is 4.79 Å². The first-order valence-electron chi connectivity index (χ1n) is 11.1. The molecule has 0 radical (unpaired) electrons. The van der Waals surface area contributed by atoms with Crippen LogP contribution in [0.25, 0.3) is 0 Å². The first kappa shape index (κ1) is 22.8. The van der Waals surface area contributed by atoms with Crippen LogP contribution in [0, 0.1) is 0 Å². The number of nitrogens with one attached hydrogen (secondary N) is 1. The SMILES string of the molecule is COc1cccc(NC(=O)[C@H](Sc2nnc([C@@H]3COc4ccccc4O3)n2C)c2ccccc2)c1. The van der Waals surface area contributed by atoms with Crippen molar-refractivity contribution in [3.05, 3.63) is 90.3 Å². The molecule has 1 aliphatic heterocycles. The number of fused-ring (bicyclic) bond motifs is 1. The van der Waals surface area contributed by atoms with Gasteiger partial charge in [0.15, 0.2) is 28.6 Å². The summed E-state index contributed by atoms with van der Waals surface area (Å²) in [5, 5.41) is 11.8. The van der Waals surface area contributed by atoms with E-state index in [4.69, 9.17) is 14.2 Å². The molecule has 0 fully saturated rings. The average molecular weight is 489 g/mol. The van der Waals surface area contributed by atoms with Gasteiger partial charge in [0.05, 0.1) is 7.11 Å². The van der Waals surface area contributed by atoms with Crippen LogP contribution in [0.15, 0.2) is 84.0 Å². The quantitative estimate of drug-likeness (QED) is 0.374. The van der Waals surface area contributed by atoms with Crippen molar-refractivity contribution < 1.29 is 19.0 Å². The summed E-state index contributed by atoms with van der Waals surface area (Å²) >= 11 is 1.33. The Morgan fingerprint density at radius 2 is 1.83 bits per heavy atom. The largest absolute Gasteiger partial charge is 0.497 e. The molecule has 8 nitrogen and oxygen atoms in total. The molecule has 35 heavy (non-hydrogen) atoms. The van der Waals surface area contributed by atoms with E-state index in [1.807, 2.05) is 84.4 Å². The van der Waals surface area contributed by atoms with E-state index in [1.165, 1.54) is 11.8 Å². The van der Waals surface area contributed by atoms with Crippen LogP contribution in [0.4, 0.5) is 5.69 Å². The number of para-hydroxylation sites is 2. The lowest BCUT2D eigenvalue weighted by Crippen LogP contribution is -2.24. The standard InChI is InChI=1S/C26H24N4O4S/c1-30-24(22-16-33-20-13-6-7-14-21(20)34-22)28-29-26(30)35-23(17-9-4-3-5-10-17)25(31)27-18-11-8-12-19(15-18)32-2/h3-15,22-23H,16H2,1-2H3,(H,27,31)/t22-,23+/m0/s1. The number of hydrogen-bond donors (Lipinski definition) is 1. The third-order valence-electron chi connectivity index (χ3n) is 5.57. The van der Waals surface area contributed by atoms with E-state index >= 15 is 0 Å². The Morgan fingerprint density at radius 1 is 1.06 bits per heavy atom. The Balaban J connectivity index is 1.38. The number of carbonyl (C=O) groups excluding carboxylic acids is 1. The number of aromatic nitrogens is 3. The Kier molecular flexibility index (Phi) is 6.58. The summed E-state index contributed by atoms with van der Waals surface area (Å²) in [6.07, 6.45) is -0.405. The number of methoxy groups -OCH3 is 1. The maximum absolute atomic E-state index is 13.4. The van der Waals surface area contributed by atoms with E-state index in [0.29, 0.717) is 40.5 Å². The molecule has 1 aromatic heterocycles. The lowest BCUT2D eigenvalue weighted by atomic mass is 10.1. The number of rotatable bonds is 7. The fourth-order valence-corrected chi connectivity index (χ4v) is 4.78. The minimum absolute atomic E-state index is 0.176. The van der Waals surface area contributed by atoms with Gasteiger partial charge in [-0.05, 0) is 29.8 Å². The number of ether oxygens (including phenoxy) is 3. The molecule has 1 amide bonds. The van der Waals surface area contributed by atoms with E-state index in [2.05, 4.69) is 15.5 Å². The molecule has 9 heteroatoms. The normalized spacial score (nSPS) is 15.3. The molecule has 0 saturated carbocycles. The van der Waals surface area contributed by atoms with Gasteiger partial charge < -0.3 is 24.1 Å². The Hall–Kier alpha value is -3.98. The molecule has 0 bridgehead atoms. The number of thioether (sulfide) groups is 1. The van der Waals surface area contributed by atoms with Crippen LogP contribution in [-0.2, 0) is 11.8 Å². The summed E-state index contributed by atoms with van der Waals surface area (Å²) in [5.41, 5.74) is 1.51. The highest BCUT2D eigenvalue weighted by Gasteiger charge is 2.30. The van der Waals surface area contributed by atoms with Gasteiger partial charge in [-0.3, -0.25) is 4.79 Å². The predicted molar refractivity (Wildman–Crippen MR) is 133 cm³/mol. The number of anilines is 1. The van der Waals surface area contributed by atoms with Crippen molar-refractivity contribution in [2.24, 2.45) is 7.05 Å². The number of amides is 1. The third kappa shape index (κ3) is 4.95. The van der Waals surface area contributed by atoms with Crippen LogP contribution in [0.5, 0.6) is 17.2 Å². The molecule has 0 spiro atoms. The van der Waals surface area contributed by atoms with Gasteiger partial charge in [0.2, 0.25) is 5.91 Å². The predicted octanol–water partition coefficient (Wildman–Crippen LogP) is 4.81. The molecule has 1 N–H and O–H groups in total. The van der Waals surface area contributed by atoms with Crippen molar-refractivity contribution in [2.75, 3.05) is 19.0 Å². The number of nitrogens with zero attached hydrogens (tertiary/aromatic N) is 3. The molecule has 0 unspecified atom stereocenters. The molecular weight excluding hydrogens is 464 g/mol. The fraction of sp³-hybridized carbons (Fsp3) is 0.192. The maximum Gasteiger partial charge on any atom is 0.242 e. The minimum Gasteiger partial charge on any atom is -0.497 e. The van der Waals surface area contributed by atoms with Crippen LogP contribution < -0.4 is 19.5 Å². The summed E-state index contributed by atoms with van der Waals surface area (Å²) in [6, 6.07) is 24.4. The Labute approximate surface area is 207 Å². The molecule has 2 heterocycles. The van der Waals surface area contributed by atoms with Crippen molar-refractivity contribution in [2.45, 2.75) is 16.5 Å². The monoisotopic (exact) mass is 488 g/mol. The zero-order chi connectivity index (χ0) is 24.2. The molecule has 3 aromatic carbocycles. The van der Waals surface area contributed by atoms with Gasteiger partial charge in [0.1, 0.15) is 17.6 Å². The molecule has 0 saturated heterocycles. The summed E-state index contributed by atoms with van der Waals surface area (Å²) in [7, 11) is 3.46. The molecule has 0 aliphatic carbocycles. The summed E-state index contributed by atoms with van der Waals surface area (Å²) in [6.45, 7) is 0.325. The zero-order valence-corrected chi connectivity index (χ0v) is 20.1. The van der Waals surface area contributed by atoms with Crippen LogP contribution >= 0.6 is 11.8 Å². The van der Waals surface area contributed by atoms with Gasteiger partial charge in [-0.1, -0.05) is 60.3 Å². The van der Waals surface area contributed by atoms with Gasteiger partial charge >= 0.3 is 0 Å². The second-order valence-electron chi connectivity index (χ2n) is 7.89. The van der Waals surface area contributed by atoms with Gasteiger partial charge in [-0.25, -0.2) is 0 Å². The zero-order valence-electron chi connectivity index (χ0n) is 19.3. The lowest BCUT2D eigenvalue weighted by molar-refractivity contribution is -0.115. The van der Waals surface area contributed by atoms with Crippen molar-refractivity contribution >= 4 is 23.4 Å². The van der Waals surface area contributed by atoms with Crippen molar-refractivity contribution in [1.82, 2.24) is 14.8 Å². The second kappa shape index (κ2) is 10.1. The van der Waals surface area contributed by atoms with Crippen molar-refractivity contribution in [3.63, 3.8) is 0 Å². The van der Waals surface area contributed by atoms with Crippen LogP contribution in [0.1, 0.15) is 22.7 Å². The highest BCUT2D eigenvalue weighted by atomic mass is 32.2. The topological polar surface area (TPSA) is 87.5 Å². The fourth-order valence-electron chi connectivity index (χ4n) is 3.77. The minimum atomic E-state index is -0.553. The first-order valence-corrected chi connectivity index (χ1v) is 11.9. The summed E-state index contributed by atoms with van der Waals surface area (Å²) in [4.78, 5) is 13.4. The highest BCUT2D eigenvalue weighted by Crippen LogP contribution is 2.38. The average Bonchev–Trinajstić information content (AvgIpc) is 3.27. The molecule has 4 aromatic rings. The van der Waals surface area contributed by atoms with Gasteiger partial charge in [0.25, 0.3) is 0 Å². The highest BCUT2D eigenvalue weighted by molar-refractivity contribution is 8.00. The summed E-state index contributed by atoms with van der Waals surface area (Å²) in [5.74, 6) is 2.49. The third-order valence-corrected chi connectivity index (χ3v) is 6.85. The van der Waals surface area contributed by atoms with E-state index in [0.717, 1.165) is 5.56 Å². The van der Waals surface area contributed by atoms with Crippen LogP contribution in [-0.4, -0.2) is 34.4 Å². The van der Waals surface area contributed by atoms with Crippen molar-refractivity contribution in [3.8, 4) is 17.2 Å². The Bertz CT molecular complexity index is 1330. The molecule has 5 rings (SSSR count). The first-order chi connectivity index (χ1) is 17.1. The van der Waals surface area contributed by atoms with Gasteiger partial charge in [0, 0.05) is 18.8 Å². The van der Waals surface area contributed by atoms with E-state index in [-0.39, 0.29) is 5.91 Å². The number of benzene rings is 3. The van der Waals surface area contributed by atoms with Gasteiger partial charge in [-0.15, -0.1) is 10.2 Å². The number of hydrogen-bond acceptors (Lipinski definition) is 7. The Morgan fingerprint density at radius 3 is 2.63 bits per heavy atom. The van der Waals surface area contributed by atoms with E-state index in [1.54, 1.807) is 13.2 Å². The van der Waals surface area contributed by atoms with Crippen molar-refractivity contribution in [1.29, 1.82) is 0 Å².